The van der Waals surface area contributed by atoms with Crippen LogP contribution in [0.3, 0.4) is 0 Å². The summed E-state index contributed by atoms with van der Waals surface area (Å²) in [5, 5.41) is 0.485. The summed E-state index contributed by atoms with van der Waals surface area (Å²) in [7, 11) is 1.63. The summed E-state index contributed by atoms with van der Waals surface area (Å²) in [6.45, 7) is 1.83. The average Bonchev–Trinajstić information content (AvgIpc) is 3.27. The zero-order valence-corrected chi connectivity index (χ0v) is 16.5. The minimum Gasteiger partial charge on any atom is -0.454 e. The third kappa shape index (κ3) is 3.10. The van der Waals surface area contributed by atoms with Gasteiger partial charge in [-0.05, 0) is 31.2 Å². The van der Waals surface area contributed by atoms with E-state index in [-0.39, 0.29) is 17.1 Å². The molecule has 0 amide bonds. The summed E-state index contributed by atoms with van der Waals surface area (Å²) in [5.41, 5.74) is 2.89. The van der Waals surface area contributed by atoms with E-state index < -0.39 is 17.3 Å². The van der Waals surface area contributed by atoms with Gasteiger partial charge in [0.25, 0.3) is 5.56 Å². The molecule has 0 saturated carbocycles. The second-order valence-corrected chi connectivity index (χ2v) is 7.35. The van der Waals surface area contributed by atoms with Crippen LogP contribution in [0, 0.1) is 18.6 Å². The highest BCUT2D eigenvalue weighted by Gasteiger charge is 2.18. The lowest BCUT2D eigenvalue weighted by Crippen LogP contribution is -2.16. The quantitative estimate of drug-likeness (QED) is 0.409. The number of aromatic nitrogens is 4. The molecule has 3 N–H and O–H groups in total. The minimum atomic E-state index is -0.866. The first-order chi connectivity index (χ1) is 14.8. The minimum absolute atomic E-state index is 0.175. The number of hydrogen-bond donors (Lipinski definition) is 3. The van der Waals surface area contributed by atoms with Crippen LogP contribution in [0.1, 0.15) is 5.69 Å². The molecule has 0 unspecified atom stereocenters. The number of rotatable bonds is 3. The van der Waals surface area contributed by atoms with Gasteiger partial charge in [-0.25, -0.2) is 13.6 Å². The van der Waals surface area contributed by atoms with Crippen LogP contribution in [0.4, 0.5) is 8.78 Å². The lowest BCUT2D eigenvalue weighted by molar-refractivity contribution is 0.439. The topological polar surface area (TPSA) is 95.7 Å². The Labute approximate surface area is 172 Å². The molecule has 0 bridgehead atoms. The first-order valence-corrected chi connectivity index (χ1v) is 9.38. The van der Waals surface area contributed by atoms with E-state index in [2.05, 4.69) is 15.0 Å². The van der Waals surface area contributed by atoms with E-state index in [1.807, 2.05) is 6.92 Å². The molecule has 3 aromatic heterocycles. The van der Waals surface area contributed by atoms with Crippen LogP contribution in [0.2, 0.25) is 0 Å². The van der Waals surface area contributed by atoms with E-state index in [1.54, 1.807) is 31.4 Å². The first-order valence-electron chi connectivity index (χ1n) is 9.38. The number of hydrogen-bond acceptors (Lipinski definition) is 3. The molecule has 0 aliphatic rings. The Bertz CT molecular complexity index is 1610. The number of H-pyrrole nitrogens is 3. The number of aromatic amines is 3. The molecule has 2 aromatic carbocycles. The number of benzene rings is 2. The van der Waals surface area contributed by atoms with E-state index in [1.165, 1.54) is 10.6 Å². The number of fused-ring (bicyclic) bond motifs is 2. The molecule has 0 radical (unpaired) electrons. The van der Waals surface area contributed by atoms with Gasteiger partial charge in [-0.15, -0.1) is 0 Å². The zero-order valence-electron chi connectivity index (χ0n) is 16.5. The van der Waals surface area contributed by atoms with Crippen molar-refractivity contribution in [2.24, 2.45) is 7.05 Å². The van der Waals surface area contributed by atoms with Crippen molar-refractivity contribution in [1.82, 2.24) is 19.5 Å². The Morgan fingerprint density at radius 3 is 2.39 bits per heavy atom. The molecule has 9 heteroatoms. The summed E-state index contributed by atoms with van der Waals surface area (Å²) in [4.78, 5) is 32.9. The zero-order chi connectivity index (χ0) is 21.9. The van der Waals surface area contributed by atoms with E-state index >= 15 is 0 Å². The van der Waals surface area contributed by atoms with Crippen molar-refractivity contribution in [2.45, 2.75) is 6.92 Å². The molecule has 0 spiro atoms. The maximum absolute atomic E-state index is 14.3. The molecule has 0 aliphatic heterocycles. The monoisotopic (exact) mass is 422 g/mol. The maximum atomic E-state index is 14.3. The third-order valence-electron chi connectivity index (χ3n) is 5.12. The van der Waals surface area contributed by atoms with Crippen molar-refractivity contribution in [3.63, 3.8) is 0 Å². The number of nitrogens with one attached hydrogen (secondary N) is 3. The maximum Gasteiger partial charge on any atom is 0.323 e. The van der Waals surface area contributed by atoms with Crippen LogP contribution in [0.15, 0.2) is 52.2 Å². The second-order valence-electron chi connectivity index (χ2n) is 7.35. The highest BCUT2D eigenvalue weighted by atomic mass is 19.1. The summed E-state index contributed by atoms with van der Waals surface area (Å²) in [6.07, 6.45) is 1.64. The Kier molecular flexibility index (Phi) is 4.07. The molecular formula is C22H16F2N4O3. The van der Waals surface area contributed by atoms with Crippen molar-refractivity contribution in [1.29, 1.82) is 0 Å². The SMILES string of the molecule is Cc1cc2c(=O)n(C)cc(-c3cc4[nH]c(=O)[nH]c4cc3Oc3ccc(F)cc3F)c2[nH]1. The Balaban J connectivity index is 1.81. The van der Waals surface area contributed by atoms with Crippen molar-refractivity contribution in [3.8, 4) is 22.6 Å². The van der Waals surface area contributed by atoms with Gasteiger partial charge in [-0.3, -0.25) is 4.79 Å². The van der Waals surface area contributed by atoms with Crippen LogP contribution in [-0.2, 0) is 7.05 Å². The molecule has 3 heterocycles. The molecule has 0 aliphatic carbocycles. The normalized spacial score (nSPS) is 11.5. The molecule has 156 valence electrons. The first kappa shape index (κ1) is 18.9. The fourth-order valence-electron chi connectivity index (χ4n) is 3.72. The number of ether oxygens (including phenoxy) is 1. The van der Waals surface area contributed by atoms with Gasteiger partial charge >= 0.3 is 5.69 Å². The lowest BCUT2D eigenvalue weighted by Gasteiger charge is -2.14. The van der Waals surface area contributed by atoms with Crippen molar-refractivity contribution < 1.29 is 13.5 Å². The number of imidazole rings is 1. The summed E-state index contributed by atoms with van der Waals surface area (Å²) in [5.74, 6) is -1.55. The Morgan fingerprint density at radius 2 is 1.65 bits per heavy atom. The van der Waals surface area contributed by atoms with Gasteiger partial charge in [0.05, 0.1) is 21.9 Å². The van der Waals surface area contributed by atoms with Crippen LogP contribution in [0.5, 0.6) is 11.5 Å². The Morgan fingerprint density at radius 1 is 0.903 bits per heavy atom. The van der Waals surface area contributed by atoms with Crippen LogP contribution >= 0.6 is 0 Å². The van der Waals surface area contributed by atoms with E-state index in [0.29, 0.717) is 33.1 Å². The largest absolute Gasteiger partial charge is 0.454 e. The predicted octanol–water partition coefficient (Wildman–Crippen LogP) is 4.08. The summed E-state index contributed by atoms with van der Waals surface area (Å²) in [6, 6.07) is 7.99. The smallest absolute Gasteiger partial charge is 0.323 e. The van der Waals surface area contributed by atoms with Gasteiger partial charge in [0.2, 0.25) is 0 Å². The second kappa shape index (κ2) is 6.69. The number of halogens is 2. The summed E-state index contributed by atoms with van der Waals surface area (Å²) < 4.78 is 34.9. The molecule has 0 fully saturated rings. The summed E-state index contributed by atoms with van der Waals surface area (Å²) >= 11 is 0. The fourth-order valence-corrected chi connectivity index (χ4v) is 3.72. The molecule has 0 atom stereocenters. The number of pyridine rings is 1. The van der Waals surface area contributed by atoms with Gasteiger partial charge in [0, 0.05) is 42.2 Å². The molecule has 31 heavy (non-hydrogen) atoms. The van der Waals surface area contributed by atoms with Crippen LogP contribution in [0.25, 0.3) is 33.1 Å². The van der Waals surface area contributed by atoms with Gasteiger partial charge in [0.1, 0.15) is 11.6 Å². The fraction of sp³-hybridized carbons (Fsp3) is 0.0909. The molecule has 0 saturated heterocycles. The van der Waals surface area contributed by atoms with Crippen molar-refractivity contribution in [3.05, 3.63) is 80.8 Å². The van der Waals surface area contributed by atoms with Gasteiger partial charge in [-0.1, -0.05) is 0 Å². The van der Waals surface area contributed by atoms with Gasteiger partial charge in [-0.2, -0.15) is 0 Å². The van der Waals surface area contributed by atoms with E-state index in [9.17, 15) is 18.4 Å². The number of aryl methyl sites for hydroxylation is 2. The van der Waals surface area contributed by atoms with E-state index in [0.717, 1.165) is 17.8 Å². The van der Waals surface area contributed by atoms with Crippen molar-refractivity contribution in [2.75, 3.05) is 0 Å². The van der Waals surface area contributed by atoms with Crippen LogP contribution < -0.4 is 16.0 Å². The van der Waals surface area contributed by atoms with E-state index in [4.69, 9.17) is 4.74 Å². The molecular weight excluding hydrogens is 406 g/mol. The molecule has 5 aromatic rings. The highest BCUT2D eigenvalue weighted by Crippen LogP contribution is 2.39. The molecule has 5 rings (SSSR count). The number of nitrogens with zero attached hydrogens (tertiary/aromatic N) is 1. The van der Waals surface area contributed by atoms with Crippen LogP contribution in [-0.4, -0.2) is 19.5 Å². The lowest BCUT2D eigenvalue weighted by atomic mass is 10.0. The van der Waals surface area contributed by atoms with Gasteiger partial charge in [0.15, 0.2) is 11.6 Å². The predicted molar refractivity (Wildman–Crippen MR) is 113 cm³/mol. The average molecular weight is 422 g/mol. The van der Waals surface area contributed by atoms with Gasteiger partial charge < -0.3 is 24.3 Å². The molecule has 7 nitrogen and oxygen atoms in total. The third-order valence-corrected chi connectivity index (χ3v) is 5.12. The highest BCUT2D eigenvalue weighted by molar-refractivity contribution is 5.98. The standard InChI is InChI=1S/C22H16F2N4O3/c1-10-5-13-20(25-10)14(9-28(2)21(13)29)12-7-16-17(27-22(30)26-16)8-19(12)31-18-4-3-11(23)6-15(18)24/h3-9,25H,1-2H3,(H2,26,27,30). The Hall–Kier alpha value is -4.14. The van der Waals surface area contributed by atoms with Crippen molar-refractivity contribution >= 4 is 21.9 Å².